The van der Waals surface area contributed by atoms with Crippen molar-refractivity contribution in [3.05, 3.63) is 28.3 Å². The molecular weight excluding hydrogens is 308 g/mol. The van der Waals surface area contributed by atoms with Crippen molar-refractivity contribution in [1.82, 2.24) is 9.62 Å². The summed E-state index contributed by atoms with van der Waals surface area (Å²) in [5.74, 6) is 0.461. The molecule has 0 saturated carbocycles. The molecule has 0 atom stereocenters. The minimum atomic E-state index is -3.51. The predicted molar refractivity (Wildman–Crippen MR) is 88.2 cm³/mol. The zero-order valence-electron chi connectivity index (χ0n) is 13.4. The molecule has 1 N–H and O–H groups in total. The lowest BCUT2D eigenvalue weighted by Crippen LogP contribution is -2.29. The zero-order chi connectivity index (χ0) is 16.2. The first-order valence-electron chi connectivity index (χ1n) is 7.10. The highest BCUT2D eigenvalue weighted by Gasteiger charge is 2.24. The van der Waals surface area contributed by atoms with Gasteiger partial charge in [0.1, 0.15) is 0 Å². The Labute approximate surface area is 133 Å². The second-order valence-electron chi connectivity index (χ2n) is 5.73. The van der Waals surface area contributed by atoms with Crippen LogP contribution in [0.25, 0.3) is 0 Å². The lowest BCUT2D eigenvalue weighted by Gasteiger charge is -2.21. The molecule has 0 aliphatic carbocycles. The fraction of sp³-hybridized carbons (Fsp3) is 0.600. The Morgan fingerprint density at radius 1 is 1.33 bits per heavy atom. The van der Waals surface area contributed by atoms with E-state index in [1.165, 1.54) is 10.4 Å². The highest BCUT2D eigenvalue weighted by Crippen LogP contribution is 2.26. The molecule has 0 unspecified atom stereocenters. The second-order valence-corrected chi connectivity index (χ2v) is 8.18. The quantitative estimate of drug-likeness (QED) is 0.835. The van der Waals surface area contributed by atoms with Gasteiger partial charge in [-0.15, -0.1) is 0 Å². The number of sulfonamides is 1. The van der Waals surface area contributed by atoms with Gasteiger partial charge in [-0.25, -0.2) is 12.7 Å². The van der Waals surface area contributed by atoms with Crippen molar-refractivity contribution >= 4 is 21.6 Å². The van der Waals surface area contributed by atoms with Gasteiger partial charge in [0.05, 0.1) is 4.90 Å². The standard InChI is InChI=1S/C15H25ClN2O2S/c1-11(2)6-7-18(5)21(19,20)15-9-14(16)8-13(10-17-4)12(15)3/h8-9,11,17H,6-7,10H2,1-5H3. The van der Waals surface area contributed by atoms with Gasteiger partial charge in [0.2, 0.25) is 10.0 Å². The largest absolute Gasteiger partial charge is 0.316 e. The van der Waals surface area contributed by atoms with Gasteiger partial charge in [-0.1, -0.05) is 25.4 Å². The molecule has 1 rings (SSSR count). The van der Waals surface area contributed by atoms with E-state index in [-0.39, 0.29) is 0 Å². The van der Waals surface area contributed by atoms with Crippen LogP contribution >= 0.6 is 11.6 Å². The molecule has 120 valence electrons. The van der Waals surface area contributed by atoms with Crippen LogP contribution in [0.2, 0.25) is 5.02 Å². The van der Waals surface area contributed by atoms with Crippen molar-refractivity contribution in [2.75, 3.05) is 20.6 Å². The molecule has 0 saturated heterocycles. The minimum absolute atomic E-state index is 0.298. The highest BCUT2D eigenvalue weighted by molar-refractivity contribution is 7.89. The van der Waals surface area contributed by atoms with E-state index in [2.05, 4.69) is 19.2 Å². The molecule has 0 radical (unpaired) electrons. The summed E-state index contributed by atoms with van der Waals surface area (Å²) in [5, 5.41) is 3.48. The van der Waals surface area contributed by atoms with Crippen LogP contribution in [0, 0.1) is 12.8 Å². The third-order valence-corrected chi connectivity index (χ3v) is 5.71. The van der Waals surface area contributed by atoms with Gasteiger partial charge in [0.25, 0.3) is 0 Å². The van der Waals surface area contributed by atoms with Crippen molar-refractivity contribution < 1.29 is 8.42 Å². The molecule has 4 nitrogen and oxygen atoms in total. The summed E-state index contributed by atoms with van der Waals surface area (Å²) in [7, 11) is -0.0640. The summed E-state index contributed by atoms with van der Waals surface area (Å²) in [6, 6.07) is 3.35. The lowest BCUT2D eigenvalue weighted by molar-refractivity contribution is 0.427. The zero-order valence-corrected chi connectivity index (χ0v) is 15.0. The Kier molecular flexibility index (Phi) is 6.66. The lowest BCUT2D eigenvalue weighted by atomic mass is 10.1. The van der Waals surface area contributed by atoms with Crippen molar-refractivity contribution in [1.29, 1.82) is 0 Å². The summed E-state index contributed by atoms with van der Waals surface area (Å²) in [6.07, 6.45) is 0.832. The number of hydrogen-bond acceptors (Lipinski definition) is 3. The smallest absolute Gasteiger partial charge is 0.243 e. The van der Waals surface area contributed by atoms with Crippen LogP contribution in [0.4, 0.5) is 0 Å². The normalized spacial score (nSPS) is 12.4. The molecule has 1 aromatic rings. The first-order valence-corrected chi connectivity index (χ1v) is 8.92. The fourth-order valence-electron chi connectivity index (χ4n) is 2.08. The first kappa shape index (κ1) is 18.4. The van der Waals surface area contributed by atoms with Crippen LogP contribution in [-0.2, 0) is 16.6 Å². The van der Waals surface area contributed by atoms with Crippen LogP contribution in [-0.4, -0.2) is 33.4 Å². The van der Waals surface area contributed by atoms with Gasteiger partial charge in [-0.3, -0.25) is 0 Å². The van der Waals surface area contributed by atoms with Crippen LogP contribution in [0.3, 0.4) is 0 Å². The van der Waals surface area contributed by atoms with Gasteiger partial charge in [-0.2, -0.15) is 0 Å². The van der Waals surface area contributed by atoms with Gasteiger partial charge < -0.3 is 5.32 Å². The molecule has 0 spiro atoms. The van der Waals surface area contributed by atoms with Crippen LogP contribution in [0.5, 0.6) is 0 Å². The number of benzene rings is 1. The van der Waals surface area contributed by atoms with Crippen molar-refractivity contribution in [2.24, 2.45) is 5.92 Å². The first-order chi connectivity index (χ1) is 9.70. The van der Waals surface area contributed by atoms with Gasteiger partial charge in [-0.05, 0) is 49.6 Å². The molecular formula is C15H25ClN2O2S. The Hall–Kier alpha value is -0.620. The van der Waals surface area contributed by atoms with E-state index >= 15 is 0 Å². The van der Waals surface area contributed by atoms with E-state index in [9.17, 15) is 8.42 Å². The summed E-state index contributed by atoms with van der Waals surface area (Å²) < 4.78 is 26.9. The topological polar surface area (TPSA) is 49.4 Å². The Balaban J connectivity index is 3.18. The van der Waals surface area contributed by atoms with Crippen LogP contribution in [0.1, 0.15) is 31.4 Å². The SMILES string of the molecule is CNCc1cc(Cl)cc(S(=O)(=O)N(C)CCC(C)C)c1C. The molecule has 0 fully saturated rings. The number of rotatable bonds is 7. The molecule has 0 aliphatic heterocycles. The van der Waals surface area contributed by atoms with Gasteiger partial charge in [0, 0.05) is 25.2 Å². The number of hydrogen-bond donors (Lipinski definition) is 1. The average Bonchev–Trinajstić information content (AvgIpc) is 2.39. The fourth-order valence-corrected chi connectivity index (χ4v) is 3.86. The highest BCUT2D eigenvalue weighted by atomic mass is 35.5. The van der Waals surface area contributed by atoms with E-state index in [1.807, 2.05) is 14.0 Å². The Morgan fingerprint density at radius 2 is 1.95 bits per heavy atom. The summed E-state index contributed by atoms with van der Waals surface area (Å²) >= 11 is 6.09. The Morgan fingerprint density at radius 3 is 2.48 bits per heavy atom. The minimum Gasteiger partial charge on any atom is -0.316 e. The van der Waals surface area contributed by atoms with E-state index in [0.717, 1.165) is 17.5 Å². The number of nitrogens with zero attached hydrogens (tertiary/aromatic N) is 1. The maximum absolute atomic E-state index is 12.7. The predicted octanol–water partition coefficient (Wildman–Crippen LogP) is 3.03. The van der Waals surface area contributed by atoms with E-state index in [1.54, 1.807) is 13.1 Å². The summed E-state index contributed by atoms with van der Waals surface area (Å²) in [4.78, 5) is 0.298. The number of halogens is 1. The third kappa shape index (κ3) is 4.68. The monoisotopic (exact) mass is 332 g/mol. The maximum atomic E-state index is 12.7. The third-order valence-electron chi connectivity index (χ3n) is 3.51. The van der Waals surface area contributed by atoms with Crippen molar-refractivity contribution in [3.8, 4) is 0 Å². The Bertz CT molecular complexity index is 586. The average molecular weight is 333 g/mol. The van der Waals surface area contributed by atoms with E-state index in [0.29, 0.717) is 28.9 Å². The molecule has 21 heavy (non-hydrogen) atoms. The van der Waals surface area contributed by atoms with Crippen LogP contribution < -0.4 is 5.32 Å². The molecule has 6 heteroatoms. The molecule has 0 amide bonds. The van der Waals surface area contributed by atoms with Crippen molar-refractivity contribution in [3.63, 3.8) is 0 Å². The molecule has 0 bridgehead atoms. The summed E-state index contributed by atoms with van der Waals surface area (Å²) in [5.41, 5.74) is 1.66. The molecule has 0 aliphatic rings. The maximum Gasteiger partial charge on any atom is 0.243 e. The molecule has 0 aromatic heterocycles. The van der Waals surface area contributed by atoms with E-state index < -0.39 is 10.0 Å². The second kappa shape index (κ2) is 7.58. The van der Waals surface area contributed by atoms with Gasteiger partial charge >= 0.3 is 0 Å². The van der Waals surface area contributed by atoms with E-state index in [4.69, 9.17) is 11.6 Å². The summed E-state index contributed by atoms with van der Waals surface area (Å²) in [6.45, 7) is 7.08. The van der Waals surface area contributed by atoms with Gasteiger partial charge in [0.15, 0.2) is 0 Å². The molecule has 0 heterocycles. The van der Waals surface area contributed by atoms with Crippen molar-refractivity contribution in [2.45, 2.75) is 38.6 Å². The molecule has 1 aromatic carbocycles. The van der Waals surface area contributed by atoms with Crippen LogP contribution in [0.15, 0.2) is 17.0 Å². The number of nitrogens with one attached hydrogen (secondary N) is 1.